The van der Waals surface area contributed by atoms with Gasteiger partial charge in [-0.2, -0.15) is 17.6 Å². The maximum absolute atomic E-state index is 13.3. The molecule has 0 amide bonds. The van der Waals surface area contributed by atoms with Crippen molar-refractivity contribution in [2.75, 3.05) is 0 Å². The molecular weight excluding hydrogens is 408 g/mol. The van der Waals surface area contributed by atoms with E-state index >= 15 is 0 Å². The molecule has 5 rings (SSSR count). The Kier molecular flexibility index (Phi) is 4.35. The molecule has 0 spiro atoms. The van der Waals surface area contributed by atoms with Crippen molar-refractivity contribution in [1.82, 2.24) is 9.19 Å². The molecule has 6 heteroatoms. The third-order valence-electron chi connectivity index (χ3n) is 6.97. The van der Waals surface area contributed by atoms with E-state index in [0.717, 1.165) is 51.0 Å². The third-order valence-corrected chi connectivity index (χ3v) is 8.59. The summed E-state index contributed by atoms with van der Waals surface area (Å²) in [5, 5.41) is 5.12. The zero-order valence-electron chi connectivity index (χ0n) is 17.7. The summed E-state index contributed by atoms with van der Waals surface area (Å²) in [6, 6.07) is 10.6. The highest BCUT2D eigenvalue weighted by atomic mass is 32.2. The van der Waals surface area contributed by atoms with E-state index < -0.39 is 10.0 Å². The number of fused-ring (bicyclic) bond motifs is 5. The number of hydrogen-bond donors (Lipinski definition) is 0. The molecular formula is C25H24N2O3S. The Hall–Kier alpha value is -2.99. The smallest absolute Gasteiger partial charge is 0.283 e. The molecule has 0 fully saturated rings. The van der Waals surface area contributed by atoms with Crippen LogP contribution in [-0.4, -0.2) is 23.4 Å². The fourth-order valence-corrected chi connectivity index (χ4v) is 6.51. The van der Waals surface area contributed by atoms with Crippen molar-refractivity contribution in [3.63, 3.8) is 0 Å². The summed E-state index contributed by atoms with van der Waals surface area (Å²) in [6.07, 6.45) is 6.37. The molecule has 3 aromatic rings. The van der Waals surface area contributed by atoms with E-state index in [1.165, 1.54) is 0 Å². The van der Waals surface area contributed by atoms with Gasteiger partial charge in [-0.25, -0.2) is 0 Å². The van der Waals surface area contributed by atoms with Crippen molar-refractivity contribution in [1.29, 1.82) is 0 Å². The lowest BCUT2D eigenvalue weighted by Gasteiger charge is -2.34. The van der Waals surface area contributed by atoms with Crippen molar-refractivity contribution < 1.29 is 13.2 Å². The fraction of sp³-hybridized carbons (Fsp3) is 0.280. The van der Waals surface area contributed by atoms with Gasteiger partial charge in [0.1, 0.15) is 0 Å². The topological polar surface area (TPSA) is 69.0 Å². The van der Waals surface area contributed by atoms with Crippen LogP contribution in [0, 0.1) is 12.3 Å². The number of carbonyl (C=O) groups is 1. The van der Waals surface area contributed by atoms with Gasteiger partial charge in [0.05, 0.1) is 16.6 Å². The molecule has 2 aliphatic carbocycles. The Morgan fingerprint density at radius 2 is 1.94 bits per heavy atom. The van der Waals surface area contributed by atoms with Gasteiger partial charge in [0.15, 0.2) is 5.78 Å². The Labute approximate surface area is 182 Å². The van der Waals surface area contributed by atoms with Crippen LogP contribution in [0.4, 0.5) is 0 Å². The summed E-state index contributed by atoms with van der Waals surface area (Å²) in [7, 11) is -3.80. The minimum Gasteiger partial charge on any atom is -0.294 e. The minimum atomic E-state index is -3.80. The number of allylic oxidation sites excluding steroid dienone is 3. The number of aromatic nitrogens is 2. The van der Waals surface area contributed by atoms with Crippen molar-refractivity contribution in [2.45, 2.75) is 44.4 Å². The van der Waals surface area contributed by atoms with Gasteiger partial charge in [-0.3, -0.25) is 4.79 Å². The fourth-order valence-electron chi connectivity index (χ4n) is 5.24. The second-order valence-electron chi connectivity index (χ2n) is 8.56. The number of nitrogens with zero attached hydrogens (tertiary/aromatic N) is 2. The first-order valence-corrected chi connectivity index (χ1v) is 12.0. The number of carbonyl (C=O) groups excluding carboxylic acids is 1. The quantitative estimate of drug-likeness (QED) is 0.592. The lowest BCUT2D eigenvalue weighted by Crippen LogP contribution is -2.27. The molecule has 0 aliphatic heterocycles. The van der Waals surface area contributed by atoms with Crippen LogP contribution in [0.1, 0.15) is 42.9 Å². The van der Waals surface area contributed by atoms with Crippen LogP contribution in [-0.2, 0) is 21.2 Å². The monoisotopic (exact) mass is 432 g/mol. The molecule has 1 unspecified atom stereocenters. The molecule has 1 heterocycles. The van der Waals surface area contributed by atoms with Crippen molar-refractivity contribution in [3.8, 4) is 0 Å². The zero-order valence-corrected chi connectivity index (χ0v) is 18.5. The van der Waals surface area contributed by atoms with E-state index in [1.807, 2.05) is 19.1 Å². The van der Waals surface area contributed by atoms with Gasteiger partial charge in [0.25, 0.3) is 10.0 Å². The maximum atomic E-state index is 13.3. The van der Waals surface area contributed by atoms with Crippen LogP contribution in [0.5, 0.6) is 0 Å². The SMILES string of the molecule is C=CC1=C2c3ccc4c(cnn4S(=O)(=O)c4ccc(C)cc4)c3CC2(CC)CCC1=O. The molecule has 0 bridgehead atoms. The Morgan fingerprint density at radius 1 is 1.19 bits per heavy atom. The largest absolute Gasteiger partial charge is 0.294 e. The molecule has 31 heavy (non-hydrogen) atoms. The molecule has 0 radical (unpaired) electrons. The third kappa shape index (κ3) is 2.71. The molecule has 2 aromatic carbocycles. The number of aryl methyl sites for hydroxylation is 1. The first-order valence-electron chi connectivity index (χ1n) is 10.5. The average molecular weight is 433 g/mol. The van der Waals surface area contributed by atoms with Crippen LogP contribution in [0.15, 0.2) is 65.7 Å². The molecule has 2 aliphatic rings. The zero-order chi connectivity index (χ0) is 22.0. The highest BCUT2D eigenvalue weighted by molar-refractivity contribution is 7.90. The van der Waals surface area contributed by atoms with Crippen LogP contribution in [0.3, 0.4) is 0 Å². The molecule has 0 saturated heterocycles. The summed E-state index contributed by atoms with van der Waals surface area (Å²) in [4.78, 5) is 12.8. The van der Waals surface area contributed by atoms with Gasteiger partial charge in [0.2, 0.25) is 0 Å². The summed E-state index contributed by atoms with van der Waals surface area (Å²) in [5.74, 6) is 0.139. The van der Waals surface area contributed by atoms with Crippen molar-refractivity contribution in [3.05, 3.63) is 77.5 Å². The van der Waals surface area contributed by atoms with Gasteiger partial charge < -0.3 is 0 Å². The lowest BCUT2D eigenvalue weighted by atomic mass is 9.68. The summed E-state index contributed by atoms with van der Waals surface area (Å²) in [5.41, 5.74) is 5.36. The van der Waals surface area contributed by atoms with E-state index in [1.54, 1.807) is 36.5 Å². The Morgan fingerprint density at radius 3 is 2.61 bits per heavy atom. The van der Waals surface area contributed by atoms with E-state index in [0.29, 0.717) is 17.5 Å². The summed E-state index contributed by atoms with van der Waals surface area (Å²) >= 11 is 0. The number of hydrogen-bond acceptors (Lipinski definition) is 4. The average Bonchev–Trinajstić information content (AvgIpc) is 3.34. The summed E-state index contributed by atoms with van der Waals surface area (Å²) < 4.78 is 27.7. The molecule has 1 atom stereocenters. The first-order chi connectivity index (χ1) is 14.8. The highest BCUT2D eigenvalue weighted by Crippen LogP contribution is 2.57. The van der Waals surface area contributed by atoms with Crippen molar-refractivity contribution >= 4 is 32.3 Å². The van der Waals surface area contributed by atoms with Gasteiger partial charge in [-0.1, -0.05) is 43.3 Å². The van der Waals surface area contributed by atoms with Gasteiger partial charge in [0, 0.05) is 22.8 Å². The lowest BCUT2D eigenvalue weighted by molar-refractivity contribution is -0.116. The van der Waals surface area contributed by atoms with Crippen LogP contribution >= 0.6 is 0 Å². The molecule has 1 aromatic heterocycles. The predicted octanol–water partition coefficient (Wildman–Crippen LogP) is 4.84. The molecule has 5 nitrogen and oxygen atoms in total. The van der Waals surface area contributed by atoms with Crippen LogP contribution < -0.4 is 0 Å². The second-order valence-corrected chi connectivity index (χ2v) is 10.3. The highest BCUT2D eigenvalue weighted by Gasteiger charge is 2.46. The van der Waals surface area contributed by atoms with Crippen molar-refractivity contribution in [2.24, 2.45) is 5.41 Å². The van der Waals surface area contributed by atoms with E-state index in [2.05, 4.69) is 18.6 Å². The Bertz CT molecular complexity index is 1390. The van der Waals surface area contributed by atoms with E-state index in [-0.39, 0.29) is 16.1 Å². The number of ketones is 1. The van der Waals surface area contributed by atoms with E-state index in [9.17, 15) is 13.2 Å². The number of benzene rings is 2. The Balaban J connectivity index is 1.73. The molecule has 158 valence electrons. The van der Waals surface area contributed by atoms with E-state index in [4.69, 9.17) is 0 Å². The number of rotatable bonds is 4. The molecule has 0 N–H and O–H groups in total. The predicted molar refractivity (Wildman–Crippen MR) is 121 cm³/mol. The second kappa shape index (κ2) is 6.76. The minimum absolute atomic E-state index is 0.105. The van der Waals surface area contributed by atoms with Gasteiger partial charge >= 0.3 is 0 Å². The number of Topliss-reactive ketones (excluding diaryl/α,β-unsaturated/α-hetero) is 1. The first kappa shape index (κ1) is 19.9. The van der Waals surface area contributed by atoms with Crippen LogP contribution in [0.2, 0.25) is 0 Å². The van der Waals surface area contributed by atoms with Gasteiger partial charge in [-0.15, -0.1) is 0 Å². The maximum Gasteiger partial charge on any atom is 0.283 e. The van der Waals surface area contributed by atoms with Crippen LogP contribution in [0.25, 0.3) is 16.5 Å². The summed E-state index contributed by atoms with van der Waals surface area (Å²) in [6.45, 7) is 7.97. The standard InChI is InChI=1S/C25H24N2O3S/c1-4-18-23(28)12-13-25(5-2)14-20-19(24(18)25)10-11-22-21(20)15-26-27(22)31(29,30)17-8-6-16(3)7-9-17/h4,6-11,15H,1,5,12-14H2,2-3H3. The van der Waals surface area contributed by atoms with Gasteiger partial charge in [-0.05, 0) is 61.1 Å². The molecule has 0 saturated carbocycles. The normalized spacial score (nSPS) is 20.8.